The molecule has 0 bridgehead atoms. The van der Waals surface area contributed by atoms with Crippen LogP contribution in [0.4, 0.5) is 0 Å². The van der Waals surface area contributed by atoms with Crippen LogP contribution in [-0.2, 0) is 19.1 Å². The van der Waals surface area contributed by atoms with Crippen LogP contribution in [0.5, 0.6) is 17.2 Å². The van der Waals surface area contributed by atoms with Crippen molar-refractivity contribution in [3.8, 4) is 17.2 Å². The smallest absolute Gasteiger partial charge is 0.277 e. The molecule has 9 heteroatoms. The molecule has 0 atom stereocenters. The largest absolute Gasteiger partial charge is 0.493 e. The number of nitrogens with zero attached hydrogens (tertiary/aromatic N) is 1. The molecule has 1 saturated heterocycles. The fourth-order valence-corrected chi connectivity index (χ4v) is 2.71. The number of imide groups is 1. The zero-order valence-corrected chi connectivity index (χ0v) is 15.9. The molecule has 3 amide bonds. The van der Waals surface area contributed by atoms with Gasteiger partial charge in [-0.25, -0.2) is 0 Å². The second-order valence-corrected chi connectivity index (χ2v) is 5.72. The maximum absolute atomic E-state index is 12.5. The molecular formula is C18H22N2O7. The van der Waals surface area contributed by atoms with Crippen molar-refractivity contribution < 1.29 is 33.3 Å². The highest BCUT2D eigenvalue weighted by Crippen LogP contribution is 2.40. The number of piperazine rings is 1. The van der Waals surface area contributed by atoms with E-state index >= 15 is 0 Å². The molecule has 0 saturated carbocycles. The first kappa shape index (κ1) is 20.2. The molecule has 0 aromatic heterocycles. The van der Waals surface area contributed by atoms with Crippen molar-refractivity contribution in [2.75, 3.05) is 34.7 Å². The second-order valence-electron chi connectivity index (χ2n) is 5.72. The van der Waals surface area contributed by atoms with Crippen LogP contribution in [0.25, 0.3) is 6.08 Å². The number of hydrogen-bond donors (Lipinski definition) is 1. The summed E-state index contributed by atoms with van der Waals surface area (Å²) in [6, 6.07) is 1.61. The van der Waals surface area contributed by atoms with Crippen molar-refractivity contribution >= 4 is 23.8 Å². The third-order valence-electron chi connectivity index (χ3n) is 3.93. The third-order valence-corrected chi connectivity index (χ3v) is 3.93. The summed E-state index contributed by atoms with van der Waals surface area (Å²) in [6.07, 6.45) is 1.43. The Morgan fingerprint density at radius 1 is 1.22 bits per heavy atom. The number of benzene rings is 1. The highest BCUT2D eigenvalue weighted by atomic mass is 16.7. The summed E-state index contributed by atoms with van der Waals surface area (Å²) in [4.78, 5) is 36.9. The monoisotopic (exact) mass is 378 g/mol. The van der Waals surface area contributed by atoms with Crippen molar-refractivity contribution in [1.29, 1.82) is 0 Å². The molecular weight excluding hydrogens is 356 g/mol. The topological polar surface area (TPSA) is 103 Å². The van der Waals surface area contributed by atoms with E-state index in [0.29, 0.717) is 28.4 Å². The van der Waals surface area contributed by atoms with Gasteiger partial charge in [-0.2, -0.15) is 0 Å². The molecule has 0 unspecified atom stereocenters. The molecule has 27 heavy (non-hydrogen) atoms. The molecule has 1 aliphatic heterocycles. The minimum Gasteiger partial charge on any atom is -0.493 e. The van der Waals surface area contributed by atoms with Gasteiger partial charge in [-0.3, -0.25) is 19.3 Å². The van der Waals surface area contributed by atoms with Crippen LogP contribution < -0.4 is 19.5 Å². The second kappa shape index (κ2) is 8.54. The Hall–Kier alpha value is -3.07. The Bertz CT molecular complexity index is 801. The van der Waals surface area contributed by atoms with Gasteiger partial charge in [0.15, 0.2) is 18.3 Å². The summed E-state index contributed by atoms with van der Waals surface area (Å²) < 4.78 is 21.3. The SMILES string of the molecule is COCOc1c(/C=C2\NC(=O)CN(C(C)=O)C2=O)cc(OC)c(OC)c1C. The predicted molar refractivity (Wildman–Crippen MR) is 95.3 cm³/mol. The first-order valence-electron chi connectivity index (χ1n) is 8.05. The van der Waals surface area contributed by atoms with Gasteiger partial charge in [0.05, 0.1) is 14.2 Å². The average molecular weight is 378 g/mol. The number of rotatable bonds is 6. The molecule has 0 aliphatic carbocycles. The van der Waals surface area contributed by atoms with E-state index in [-0.39, 0.29) is 19.0 Å². The van der Waals surface area contributed by atoms with E-state index in [9.17, 15) is 14.4 Å². The maximum Gasteiger partial charge on any atom is 0.277 e. The van der Waals surface area contributed by atoms with Crippen molar-refractivity contribution in [2.24, 2.45) is 0 Å². The van der Waals surface area contributed by atoms with Gasteiger partial charge in [0.25, 0.3) is 5.91 Å². The van der Waals surface area contributed by atoms with Crippen molar-refractivity contribution in [1.82, 2.24) is 10.2 Å². The molecule has 2 rings (SSSR count). The molecule has 1 heterocycles. The van der Waals surface area contributed by atoms with Crippen LogP contribution in [0.15, 0.2) is 11.8 Å². The lowest BCUT2D eigenvalue weighted by Gasteiger charge is -2.26. The van der Waals surface area contributed by atoms with E-state index in [1.54, 1.807) is 13.0 Å². The van der Waals surface area contributed by atoms with Gasteiger partial charge < -0.3 is 24.3 Å². The van der Waals surface area contributed by atoms with Crippen molar-refractivity contribution in [2.45, 2.75) is 13.8 Å². The molecule has 9 nitrogen and oxygen atoms in total. The normalized spacial score (nSPS) is 15.6. The van der Waals surface area contributed by atoms with Crippen LogP contribution in [0.3, 0.4) is 0 Å². The van der Waals surface area contributed by atoms with Gasteiger partial charge in [-0.15, -0.1) is 0 Å². The zero-order chi connectivity index (χ0) is 20.1. The molecule has 1 aliphatic rings. The Morgan fingerprint density at radius 2 is 1.93 bits per heavy atom. The van der Waals surface area contributed by atoms with E-state index < -0.39 is 17.7 Å². The lowest BCUT2D eigenvalue weighted by molar-refractivity contribution is -0.147. The van der Waals surface area contributed by atoms with Crippen LogP contribution in [0.2, 0.25) is 0 Å². The molecule has 1 aromatic rings. The molecule has 1 fully saturated rings. The number of ether oxygens (including phenoxy) is 4. The van der Waals surface area contributed by atoms with Gasteiger partial charge in [-0.1, -0.05) is 0 Å². The van der Waals surface area contributed by atoms with Crippen LogP contribution in [-0.4, -0.2) is 57.3 Å². The van der Waals surface area contributed by atoms with Gasteiger partial charge in [0.2, 0.25) is 11.8 Å². The predicted octanol–water partition coefficient (Wildman–Crippen LogP) is 0.841. The highest BCUT2D eigenvalue weighted by molar-refractivity contribution is 6.12. The lowest BCUT2D eigenvalue weighted by atomic mass is 10.1. The van der Waals surface area contributed by atoms with Gasteiger partial charge in [-0.05, 0) is 19.1 Å². The van der Waals surface area contributed by atoms with Crippen molar-refractivity contribution in [3.05, 3.63) is 22.9 Å². The van der Waals surface area contributed by atoms with E-state index in [0.717, 1.165) is 4.90 Å². The fraction of sp³-hybridized carbons (Fsp3) is 0.389. The molecule has 0 spiro atoms. The first-order chi connectivity index (χ1) is 12.8. The van der Waals surface area contributed by atoms with Gasteiger partial charge >= 0.3 is 0 Å². The van der Waals surface area contributed by atoms with Gasteiger partial charge in [0, 0.05) is 25.2 Å². The number of hydrogen-bond acceptors (Lipinski definition) is 7. The summed E-state index contributed by atoms with van der Waals surface area (Å²) in [7, 11) is 4.46. The Balaban J connectivity index is 2.59. The first-order valence-corrected chi connectivity index (χ1v) is 8.05. The van der Waals surface area contributed by atoms with E-state index in [1.807, 2.05) is 0 Å². The van der Waals surface area contributed by atoms with Gasteiger partial charge in [0.1, 0.15) is 18.0 Å². The summed E-state index contributed by atoms with van der Waals surface area (Å²) in [5.74, 6) is -0.302. The summed E-state index contributed by atoms with van der Waals surface area (Å²) in [5, 5.41) is 2.49. The molecule has 1 N–H and O–H groups in total. The van der Waals surface area contributed by atoms with Crippen LogP contribution in [0.1, 0.15) is 18.1 Å². The Labute approximate surface area is 156 Å². The zero-order valence-electron chi connectivity index (χ0n) is 15.9. The maximum atomic E-state index is 12.5. The summed E-state index contributed by atoms with van der Waals surface area (Å²) in [6.45, 7) is 2.63. The number of amides is 3. The summed E-state index contributed by atoms with van der Waals surface area (Å²) >= 11 is 0. The fourth-order valence-electron chi connectivity index (χ4n) is 2.71. The number of nitrogens with one attached hydrogen (secondary N) is 1. The Morgan fingerprint density at radius 3 is 2.48 bits per heavy atom. The molecule has 1 aromatic carbocycles. The highest BCUT2D eigenvalue weighted by Gasteiger charge is 2.31. The van der Waals surface area contributed by atoms with E-state index in [2.05, 4.69) is 5.32 Å². The standard InChI is InChI=1S/C18H22N2O7/c1-10-16(27-9-24-3)12(7-14(25-4)17(10)26-5)6-13-18(23)20(11(2)21)8-15(22)19-13/h6-7H,8-9H2,1-5H3,(H,19,22)/b13-6-. The Kier molecular flexibility index (Phi) is 6.40. The minimum absolute atomic E-state index is 0.0353. The molecule has 146 valence electrons. The van der Waals surface area contributed by atoms with E-state index in [1.165, 1.54) is 34.3 Å². The van der Waals surface area contributed by atoms with Crippen LogP contribution >= 0.6 is 0 Å². The lowest BCUT2D eigenvalue weighted by Crippen LogP contribution is -2.51. The third kappa shape index (κ3) is 4.20. The molecule has 0 radical (unpaired) electrons. The number of carbonyl (C=O) groups is 3. The van der Waals surface area contributed by atoms with E-state index in [4.69, 9.17) is 18.9 Å². The summed E-state index contributed by atoms with van der Waals surface area (Å²) in [5.41, 5.74) is 1.03. The average Bonchev–Trinajstić information content (AvgIpc) is 2.63. The minimum atomic E-state index is -0.604. The number of methoxy groups -OCH3 is 3. The van der Waals surface area contributed by atoms with Crippen LogP contribution in [0, 0.1) is 6.92 Å². The van der Waals surface area contributed by atoms with Crippen molar-refractivity contribution in [3.63, 3.8) is 0 Å². The quantitative estimate of drug-likeness (QED) is 0.578. The number of carbonyl (C=O) groups excluding carboxylic acids is 3.